The highest BCUT2D eigenvalue weighted by molar-refractivity contribution is 5.94. The SMILES string of the molecule is O=C(NC1CC2CC1C1CCCC21)c1ccc([N+](=O)[O-])cc1. The predicted octanol–water partition coefficient (Wildman–Crippen LogP) is 3.15. The Morgan fingerprint density at radius 2 is 1.82 bits per heavy atom. The van der Waals surface area contributed by atoms with E-state index in [2.05, 4.69) is 5.32 Å². The van der Waals surface area contributed by atoms with Crippen molar-refractivity contribution in [3.05, 3.63) is 39.9 Å². The molecule has 22 heavy (non-hydrogen) atoms. The van der Waals surface area contributed by atoms with Crippen LogP contribution in [0.5, 0.6) is 0 Å². The molecule has 0 aliphatic heterocycles. The highest BCUT2D eigenvalue weighted by Gasteiger charge is 2.54. The summed E-state index contributed by atoms with van der Waals surface area (Å²) in [5, 5.41) is 13.8. The highest BCUT2D eigenvalue weighted by Crippen LogP contribution is 2.58. The lowest BCUT2D eigenvalue weighted by molar-refractivity contribution is -0.384. The molecule has 1 amide bonds. The molecule has 0 spiro atoms. The molecule has 5 unspecified atom stereocenters. The van der Waals surface area contributed by atoms with E-state index in [1.165, 1.54) is 37.8 Å². The monoisotopic (exact) mass is 300 g/mol. The van der Waals surface area contributed by atoms with Crippen LogP contribution in [0.15, 0.2) is 24.3 Å². The van der Waals surface area contributed by atoms with Gasteiger partial charge in [-0.15, -0.1) is 0 Å². The van der Waals surface area contributed by atoms with Crippen molar-refractivity contribution in [3.8, 4) is 0 Å². The summed E-state index contributed by atoms with van der Waals surface area (Å²) in [7, 11) is 0. The average molecular weight is 300 g/mol. The molecule has 4 rings (SSSR count). The van der Waals surface area contributed by atoms with E-state index in [1.54, 1.807) is 12.1 Å². The van der Waals surface area contributed by atoms with Gasteiger partial charge >= 0.3 is 0 Å². The van der Waals surface area contributed by atoms with Crippen molar-refractivity contribution in [2.24, 2.45) is 23.7 Å². The van der Waals surface area contributed by atoms with Crippen LogP contribution in [-0.4, -0.2) is 16.9 Å². The van der Waals surface area contributed by atoms with Crippen LogP contribution in [-0.2, 0) is 0 Å². The van der Waals surface area contributed by atoms with Gasteiger partial charge < -0.3 is 5.32 Å². The van der Waals surface area contributed by atoms with Gasteiger partial charge in [-0.3, -0.25) is 14.9 Å². The number of non-ortho nitro benzene ring substituents is 1. The number of nitrogens with zero attached hydrogens (tertiary/aromatic N) is 1. The number of hydrogen-bond acceptors (Lipinski definition) is 3. The molecule has 0 saturated heterocycles. The summed E-state index contributed by atoms with van der Waals surface area (Å²) in [6.07, 6.45) is 6.46. The minimum atomic E-state index is -0.447. The zero-order chi connectivity index (χ0) is 15.3. The Morgan fingerprint density at radius 1 is 1.09 bits per heavy atom. The molecule has 3 fully saturated rings. The van der Waals surface area contributed by atoms with Crippen LogP contribution >= 0.6 is 0 Å². The van der Waals surface area contributed by atoms with E-state index < -0.39 is 4.92 Å². The normalized spacial score (nSPS) is 35.4. The van der Waals surface area contributed by atoms with Gasteiger partial charge in [-0.1, -0.05) is 6.42 Å². The van der Waals surface area contributed by atoms with Gasteiger partial charge in [-0.05, 0) is 61.5 Å². The molecule has 2 bridgehead atoms. The molecule has 1 aromatic carbocycles. The van der Waals surface area contributed by atoms with Crippen LogP contribution in [0.3, 0.4) is 0 Å². The number of carbonyl (C=O) groups is 1. The molecule has 0 radical (unpaired) electrons. The van der Waals surface area contributed by atoms with Gasteiger partial charge in [0.25, 0.3) is 11.6 Å². The molecular weight excluding hydrogens is 280 g/mol. The topological polar surface area (TPSA) is 72.2 Å². The zero-order valence-electron chi connectivity index (χ0n) is 12.4. The molecule has 3 saturated carbocycles. The first-order valence-electron chi connectivity index (χ1n) is 8.19. The van der Waals surface area contributed by atoms with Crippen molar-refractivity contribution in [2.45, 2.75) is 38.1 Å². The first-order valence-corrected chi connectivity index (χ1v) is 8.19. The molecule has 0 aromatic heterocycles. The Kier molecular flexibility index (Phi) is 3.17. The van der Waals surface area contributed by atoms with Crippen molar-refractivity contribution in [1.82, 2.24) is 5.32 Å². The molecule has 5 nitrogen and oxygen atoms in total. The third-order valence-electron chi connectivity index (χ3n) is 6.09. The molecule has 116 valence electrons. The summed E-state index contributed by atoms with van der Waals surface area (Å²) in [6, 6.07) is 6.16. The molecule has 1 aromatic rings. The number of benzene rings is 1. The number of rotatable bonds is 3. The van der Waals surface area contributed by atoms with Crippen molar-refractivity contribution in [1.29, 1.82) is 0 Å². The van der Waals surface area contributed by atoms with Crippen molar-refractivity contribution in [2.75, 3.05) is 0 Å². The maximum atomic E-state index is 12.4. The van der Waals surface area contributed by atoms with Gasteiger partial charge in [0, 0.05) is 23.7 Å². The van der Waals surface area contributed by atoms with Gasteiger partial charge in [0.15, 0.2) is 0 Å². The highest BCUT2D eigenvalue weighted by atomic mass is 16.6. The third-order valence-corrected chi connectivity index (χ3v) is 6.09. The second-order valence-electron chi connectivity index (χ2n) is 7.04. The van der Waals surface area contributed by atoms with Crippen LogP contribution < -0.4 is 5.32 Å². The Labute approximate surface area is 129 Å². The van der Waals surface area contributed by atoms with Crippen LogP contribution in [0, 0.1) is 33.8 Å². The molecule has 0 heterocycles. The van der Waals surface area contributed by atoms with E-state index in [-0.39, 0.29) is 11.6 Å². The lowest BCUT2D eigenvalue weighted by Gasteiger charge is -2.32. The van der Waals surface area contributed by atoms with E-state index in [0.717, 1.165) is 24.2 Å². The maximum Gasteiger partial charge on any atom is 0.269 e. The van der Waals surface area contributed by atoms with E-state index in [4.69, 9.17) is 0 Å². The van der Waals surface area contributed by atoms with Crippen LogP contribution in [0.4, 0.5) is 5.69 Å². The van der Waals surface area contributed by atoms with E-state index >= 15 is 0 Å². The summed E-state index contributed by atoms with van der Waals surface area (Å²) < 4.78 is 0. The summed E-state index contributed by atoms with van der Waals surface area (Å²) in [6.45, 7) is 0. The number of amides is 1. The lowest BCUT2D eigenvalue weighted by Crippen LogP contribution is -2.42. The lowest BCUT2D eigenvalue weighted by atomic mass is 9.79. The quantitative estimate of drug-likeness (QED) is 0.688. The summed E-state index contributed by atoms with van der Waals surface area (Å²) in [5.74, 6) is 3.10. The molecule has 3 aliphatic carbocycles. The van der Waals surface area contributed by atoms with Crippen LogP contribution in [0.2, 0.25) is 0 Å². The Morgan fingerprint density at radius 3 is 2.55 bits per heavy atom. The minimum Gasteiger partial charge on any atom is -0.349 e. The van der Waals surface area contributed by atoms with Crippen LogP contribution in [0.25, 0.3) is 0 Å². The van der Waals surface area contributed by atoms with Crippen molar-refractivity contribution in [3.63, 3.8) is 0 Å². The largest absolute Gasteiger partial charge is 0.349 e. The standard InChI is InChI=1S/C17H20N2O3/c20-17(10-4-6-12(7-5-10)19(21)22)18-16-9-11-8-15(16)14-3-1-2-13(11)14/h4-7,11,13-16H,1-3,8-9H2,(H,18,20). The number of nitrogens with one attached hydrogen (secondary N) is 1. The van der Waals surface area contributed by atoms with Crippen molar-refractivity contribution >= 4 is 11.6 Å². The Hall–Kier alpha value is -1.91. The van der Waals surface area contributed by atoms with Gasteiger partial charge in [0.1, 0.15) is 0 Å². The Balaban J connectivity index is 1.43. The molecule has 5 heteroatoms. The third kappa shape index (κ3) is 2.11. The number of fused-ring (bicyclic) bond motifs is 5. The number of nitro groups is 1. The minimum absolute atomic E-state index is 0.0188. The summed E-state index contributed by atoms with van der Waals surface area (Å²) in [5.41, 5.74) is 0.529. The van der Waals surface area contributed by atoms with Crippen LogP contribution in [0.1, 0.15) is 42.5 Å². The van der Waals surface area contributed by atoms with Crippen molar-refractivity contribution < 1.29 is 9.72 Å². The summed E-state index contributed by atoms with van der Waals surface area (Å²) in [4.78, 5) is 22.6. The smallest absolute Gasteiger partial charge is 0.269 e. The van der Waals surface area contributed by atoms with Gasteiger partial charge in [0.05, 0.1) is 4.92 Å². The Bertz CT molecular complexity index is 613. The molecule has 1 N–H and O–H groups in total. The fourth-order valence-corrected chi connectivity index (χ4v) is 5.22. The number of hydrogen-bond donors (Lipinski definition) is 1. The first-order chi connectivity index (χ1) is 10.6. The van der Waals surface area contributed by atoms with E-state index in [1.807, 2.05) is 0 Å². The second kappa shape index (κ2) is 5.07. The fraction of sp³-hybridized carbons (Fsp3) is 0.588. The number of nitro benzene ring substituents is 1. The second-order valence-corrected chi connectivity index (χ2v) is 7.04. The van der Waals surface area contributed by atoms with Gasteiger partial charge in [-0.25, -0.2) is 0 Å². The zero-order valence-corrected chi connectivity index (χ0v) is 12.4. The van der Waals surface area contributed by atoms with Gasteiger partial charge in [0.2, 0.25) is 0 Å². The average Bonchev–Trinajstić information content (AvgIpc) is 3.19. The predicted molar refractivity (Wildman–Crippen MR) is 81.4 cm³/mol. The van der Waals surface area contributed by atoms with Gasteiger partial charge in [-0.2, -0.15) is 0 Å². The van der Waals surface area contributed by atoms with E-state index in [9.17, 15) is 14.9 Å². The molecule has 5 atom stereocenters. The molecule has 3 aliphatic rings. The number of carbonyl (C=O) groups excluding carboxylic acids is 1. The summed E-state index contributed by atoms with van der Waals surface area (Å²) >= 11 is 0. The molecular formula is C17H20N2O3. The maximum absolute atomic E-state index is 12.4. The first kappa shape index (κ1) is 13.7. The fourth-order valence-electron chi connectivity index (χ4n) is 5.22. The van der Waals surface area contributed by atoms with E-state index in [0.29, 0.717) is 17.5 Å².